The third kappa shape index (κ3) is 2.41. The molecule has 1 saturated heterocycles. The Morgan fingerprint density at radius 2 is 2.06 bits per heavy atom. The number of likely N-dealkylation sites (tertiary alicyclic amines) is 1. The Bertz CT molecular complexity index is 393. The zero-order valence-corrected chi connectivity index (χ0v) is 11.3. The van der Waals surface area contributed by atoms with Crippen molar-refractivity contribution < 1.29 is 4.79 Å². The maximum Gasteiger partial charge on any atom is 0.224 e. The summed E-state index contributed by atoms with van der Waals surface area (Å²) in [5.74, 6) is 0.212. The van der Waals surface area contributed by atoms with Crippen LogP contribution in [-0.4, -0.2) is 22.2 Å². The Morgan fingerprint density at radius 3 is 2.56 bits per heavy atom. The highest BCUT2D eigenvalue weighted by molar-refractivity contribution is 9.09. The minimum absolute atomic E-state index is 0.118. The number of benzene rings is 1. The average molecular weight is 303 g/mol. The lowest BCUT2D eigenvalue weighted by atomic mass is 10.1. The van der Waals surface area contributed by atoms with Gasteiger partial charge in [0.15, 0.2) is 0 Å². The fourth-order valence-corrected chi connectivity index (χ4v) is 2.70. The average Bonchev–Trinajstić information content (AvgIpc) is 2.58. The Labute approximate surface area is 109 Å². The Balaban J connectivity index is 2.16. The van der Waals surface area contributed by atoms with Gasteiger partial charge in [-0.2, -0.15) is 0 Å². The predicted molar refractivity (Wildman–Crippen MR) is 68.9 cm³/mol. The number of hydrogen-bond acceptors (Lipinski definition) is 1. The first-order chi connectivity index (χ1) is 7.58. The molecule has 2 rings (SSSR count). The summed E-state index contributed by atoms with van der Waals surface area (Å²) in [7, 11) is 0. The zero-order valence-electron chi connectivity index (χ0n) is 8.99. The van der Waals surface area contributed by atoms with E-state index in [1.165, 1.54) is 0 Å². The number of amides is 1. The van der Waals surface area contributed by atoms with Crippen LogP contribution in [0.25, 0.3) is 0 Å². The summed E-state index contributed by atoms with van der Waals surface area (Å²) in [6.45, 7) is 2.83. The SMILES string of the molecule is CC(c1ccc(Cl)cc1)N1CC(Br)CC1=O. The second-order valence-electron chi connectivity index (χ2n) is 4.08. The fraction of sp³-hybridized carbons (Fsp3) is 0.417. The quantitative estimate of drug-likeness (QED) is 0.767. The lowest BCUT2D eigenvalue weighted by Gasteiger charge is -2.24. The van der Waals surface area contributed by atoms with E-state index in [0.29, 0.717) is 6.42 Å². The molecule has 2 atom stereocenters. The summed E-state index contributed by atoms with van der Waals surface area (Å²) >= 11 is 9.33. The first-order valence-corrected chi connectivity index (χ1v) is 6.56. The zero-order chi connectivity index (χ0) is 11.7. The molecular weight excluding hydrogens is 289 g/mol. The van der Waals surface area contributed by atoms with Crippen LogP contribution in [-0.2, 0) is 4.79 Å². The molecule has 1 aromatic carbocycles. The Kier molecular flexibility index (Phi) is 3.55. The second-order valence-corrected chi connectivity index (χ2v) is 5.81. The maximum atomic E-state index is 11.7. The van der Waals surface area contributed by atoms with Gasteiger partial charge in [-0.05, 0) is 24.6 Å². The molecule has 1 heterocycles. The summed E-state index contributed by atoms with van der Waals surface area (Å²) in [5, 5.41) is 0.724. The third-order valence-corrected chi connectivity index (χ3v) is 3.80. The molecule has 0 aromatic heterocycles. The molecule has 1 aliphatic rings. The van der Waals surface area contributed by atoms with E-state index < -0.39 is 0 Å². The van der Waals surface area contributed by atoms with Gasteiger partial charge in [0.2, 0.25) is 5.91 Å². The normalized spacial score (nSPS) is 22.6. The van der Waals surface area contributed by atoms with Gasteiger partial charge in [0.1, 0.15) is 0 Å². The number of carbonyl (C=O) groups is 1. The molecule has 0 N–H and O–H groups in total. The highest BCUT2D eigenvalue weighted by atomic mass is 79.9. The van der Waals surface area contributed by atoms with Crippen LogP contribution in [0.5, 0.6) is 0 Å². The monoisotopic (exact) mass is 301 g/mol. The van der Waals surface area contributed by atoms with E-state index in [-0.39, 0.29) is 16.8 Å². The molecule has 0 spiro atoms. The molecule has 2 unspecified atom stereocenters. The van der Waals surface area contributed by atoms with Crippen molar-refractivity contribution in [3.63, 3.8) is 0 Å². The van der Waals surface area contributed by atoms with Crippen LogP contribution in [0.2, 0.25) is 5.02 Å². The molecule has 4 heteroatoms. The summed E-state index contributed by atoms with van der Waals surface area (Å²) < 4.78 is 0. The lowest BCUT2D eigenvalue weighted by molar-refractivity contribution is -0.129. The van der Waals surface area contributed by atoms with Crippen molar-refractivity contribution in [2.45, 2.75) is 24.2 Å². The van der Waals surface area contributed by atoms with Crippen molar-refractivity contribution >= 4 is 33.4 Å². The van der Waals surface area contributed by atoms with Crippen molar-refractivity contribution in [2.24, 2.45) is 0 Å². The molecule has 0 aliphatic carbocycles. The molecule has 1 amide bonds. The molecule has 2 nitrogen and oxygen atoms in total. The van der Waals surface area contributed by atoms with E-state index in [0.717, 1.165) is 17.1 Å². The third-order valence-electron chi connectivity index (χ3n) is 2.93. The molecule has 1 aromatic rings. The number of alkyl halides is 1. The predicted octanol–water partition coefficient (Wildman–Crippen LogP) is 3.40. The molecular formula is C12H13BrClNO. The first kappa shape index (κ1) is 11.9. The topological polar surface area (TPSA) is 20.3 Å². The van der Waals surface area contributed by atoms with Crippen LogP contribution >= 0.6 is 27.5 Å². The van der Waals surface area contributed by atoms with Crippen LogP contribution in [0.4, 0.5) is 0 Å². The highest BCUT2D eigenvalue weighted by Gasteiger charge is 2.31. The van der Waals surface area contributed by atoms with Gasteiger partial charge in [-0.25, -0.2) is 0 Å². The van der Waals surface area contributed by atoms with E-state index in [1.54, 1.807) is 0 Å². The van der Waals surface area contributed by atoms with E-state index >= 15 is 0 Å². The first-order valence-electron chi connectivity index (χ1n) is 5.27. The lowest BCUT2D eigenvalue weighted by Crippen LogP contribution is -2.28. The number of halogens is 2. The molecule has 0 radical (unpaired) electrons. The van der Waals surface area contributed by atoms with Gasteiger partial charge < -0.3 is 4.90 Å². The fourth-order valence-electron chi connectivity index (χ4n) is 1.98. The van der Waals surface area contributed by atoms with Gasteiger partial charge in [0.05, 0.1) is 6.04 Å². The van der Waals surface area contributed by atoms with Gasteiger partial charge in [0, 0.05) is 22.8 Å². The highest BCUT2D eigenvalue weighted by Crippen LogP contribution is 2.28. The minimum Gasteiger partial charge on any atom is -0.335 e. The van der Waals surface area contributed by atoms with Crippen LogP contribution in [0, 0.1) is 0 Å². The van der Waals surface area contributed by atoms with Crippen LogP contribution in [0.1, 0.15) is 24.9 Å². The van der Waals surface area contributed by atoms with Crippen LogP contribution < -0.4 is 0 Å². The smallest absolute Gasteiger partial charge is 0.224 e. The standard InChI is InChI=1S/C12H13BrClNO/c1-8(9-2-4-11(14)5-3-9)15-7-10(13)6-12(15)16/h2-5,8,10H,6-7H2,1H3. The van der Waals surface area contributed by atoms with E-state index in [4.69, 9.17) is 11.6 Å². The Morgan fingerprint density at radius 1 is 1.44 bits per heavy atom. The number of nitrogens with zero attached hydrogens (tertiary/aromatic N) is 1. The summed E-state index contributed by atoms with van der Waals surface area (Å²) in [6.07, 6.45) is 0.595. The van der Waals surface area contributed by atoms with Crippen molar-refractivity contribution in [1.29, 1.82) is 0 Å². The Hall–Kier alpha value is -0.540. The maximum absolute atomic E-state index is 11.7. The molecule has 1 fully saturated rings. The molecule has 86 valence electrons. The van der Waals surface area contributed by atoms with E-state index in [9.17, 15) is 4.79 Å². The summed E-state index contributed by atoms with van der Waals surface area (Å²) in [6, 6.07) is 7.79. The molecule has 0 saturated carbocycles. The molecule has 1 aliphatic heterocycles. The van der Waals surface area contributed by atoms with E-state index in [1.807, 2.05) is 36.1 Å². The van der Waals surface area contributed by atoms with Crippen molar-refractivity contribution in [3.8, 4) is 0 Å². The van der Waals surface area contributed by atoms with Crippen molar-refractivity contribution in [3.05, 3.63) is 34.9 Å². The van der Waals surface area contributed by atoms with Crippen LogP contribution in [0.15, 0.2) is 24.3 Å². The molecule has 0 bridgehead atoms. The van der Waals surface area contributed by atoms with Crippen molar-refractivity contribution in [1.82, 2.24) is 4.90 Å². The largest absolute Gasteiger partial charge is 0.335 e. The van der Waals surface area contributed by atoms with Gasteiger partial charge in [-0.1, -0.05) is 39.7 Å². The number of carbonyl (C=O) groups excluding carboxylic acids is 1. The number of hydrogen-bond donors (Lipinski definition) is 0. The number of rotatable bonds is 2. The van der Waals surface area contributed by atoms with Crippen LogP contribution in [0.3, 0.4) is 0 Å². The van der Waals surface area contributed by atoms with E-state index in [2.05, 4.69) is 15.9 Å². The summed E-state index contributed by atoms with van der Waals surface area (Å²) in [4.78, 5) is 13.9. The second kappa shape index (κ2) is 4.76. The van der Waals surface area contributed by atoms with Gasteiger partial charge in [-0.3, -0.25) is 4.79 Å². The van der Waals surface area contributed by atoms with Gasteiger partial charge in [-0.15, -0.1) is 0 Å². The van der Waals surface area contributed by atoms with Crippen molar-refractivity contribution in [2.75, 3.05) is 6.54 Å². The van der Waals surface area contributed by atoms with Gasteiger partial charge >= 0.3 is 0 Å². The minimum atomic E-state index is 0.118. The van der Waals surface area contributed by atoms with Gasteiger partial charge in [0.25, 0.3) is 0 Å². The molecule has 16 heavy (non-hydrogen) atoms. The summed E-state index contributed by atoms with van der Waals surface area (Å²) in [5.41, 5.74) is 1.12.